The van der Waals surface area contributed by atoms with Crippen molar-refractivity contribution in [3.05, 3.63) is 58.7 Å². The molecule has 8 nitrogen and oxygen atoms in total. The van der Waals surface area contributed by atoms with E-state index in [1.807, 2.05) is 45.9 Å². The monoisotopic (exact) mass is 557 g/mol. The van der Waals surface area contributed by atoms with E-state index in [2.05, 4.69) is 23.1 Å². The largest absolute Gasteiger partial charge is 0.498 e. The summed E-state index contributed by atoms with van der Waals surface area (Å²) in [4.78, 5) is 13.4. The van der Waals surface area contributed by atoms with E-state index in [4.69, 9.17) is 28.4 Å². The number of rotatable bonds is 4. The minimum atomic E-state index is -1.69. The molecule has 0 aromatic heterocycles. The molecule has 1 N–H and O–H groups in total. The number of hydrogen-bond donors (Lipinski definition) is 1. The fourth-order valence-electron chi connectivity index (χ4n) is 5.17. The first-order chi connectivity index (χ1) is 18.8. The molecule has 2 aromatic rings. The molecular weight excluding hydrogens is 518 g/mol. The number of fused-ring (bicyclic) bond motifs is 4. The van der Waals surface area contributed by atoms with E-state index in [9.17, 15) is 4.79 Å². The molecular formula is C30H39NO7S. The number of methoxy groups -OCH3 is 2. The summed E-state index contributed by atoms with van der Waals surface area (Å²) in [6.45, 7) is 10.6. The Morgan fingerprint density at radius 1 is 1.08 bits per heavy atom. The molecule has 0 saturated carbocycles. The Labute approximate surface area is 232 Å². The van der Waals surface area contributed by atoms with Crippen LogP contribution in [0, 0.1) is 0 Å². The molecule has 39 heavy (non-hydrogen) atoms. The van der Waals surface area contributed by atoms with E-state index in [-0.39, 0.29) is 12.8 Å². The molecule has 0 saturated heterocycles. The van der Waals surface area contributed by atoms with Gasteiger partial charge in [-0.1, -0.05) is 51.1 Å². The van der Waals surface area contributed by atoms with Crippen LogP contribution in [-0.4, -0.2) is 45.2 Å². The Balaban J connectivity index is 0.000000277. The summed E-state index contributed by atoms with van der Waals surface area (Å²) in [6.07, 6.45) is 3.88. The molecule has 0 bridgehead atoms. The normalized spacial score (nSPS) is 23.7. The first-order valence-corrected chi connectivity index (χ1v) is 15.4. The highest BCUT2D eigenvalue weighted by atomic mass is 32.3. The van der Waals surface area contributed by atoms with E-state index in [0.29, 0.717) is 22.8 Å². The van der Waals surface area contributed by atoms with Gasteiger partial charge < -0.3 is 28.4 Å². The number of hydrogen-bond acceptors (Lipinski definition) is 8. The lowest BCUT2D eigenvalue weighted by Gasteiger charge is -2.49. The molecule has 0 amide bonds. The van der Waals surface area contributed by atoms with Gasteiger partial charge in [-0.05, 0) is 37.7 Å². The van der Waals surface area contributed by atoms with Crippen LogP contribution in [0.15, 0.2) is 58.1 Å². The zero-order chi connectivity index (χ0) is 28.3. The van der Waals surface area contributed by atoms with Gasteiger partial charge in [-0.15, -0.1) is 10.2 Å². The summed E-state index contributed by atoms with van der Waals surface area (Å²) in [5.41, 5.74) is 3.46. The third-order valence-electron chi connectivity index (χ3n) is 7.10. The number of carbonyl (C=O) groups is 1. The summed E-state index contributed by atoms with van der Waals surface area (Å²) in [5.74, 6) is 4.09. The van der Waals surface area contributed by atoms with Gasteiger partial charge in [0.2, 0.25) is 18.0 Å². The van der Waals surface area contributed by atoms with Crippen molar-refractivity contribution in [3.63, 3.8) is 0 Å². The third kappa shape index (κ3) is 4.82. The second-order valence-corrected chi connectivity index (χ2v) is 12.2. The molecule has 0 radical (unpaired) electrons. The minimum absolute atomic E-state index is 0.158. The number of benzene rings is 2. The summed E-state index contributed by atoms with van der Waals surface area (Å²) < 4.78 is 37.5. The van der Waals surface area contributed by atoms with E-state index < -0.39 is 15.7 Å². The van der Waals surface area contributed by atoms with Gasteiger partial charge in [0.05, 0.1) is 24.7 Å². The van der Waals surface area contributed by atoms with E-state index in [1.54, 1.807) is 21.1 Å². The lowest BCUT2D eigenvalue weighted by Crippen LogP contribution is -2.40. The highest BCUT2D eigenvalue weighted by molar-refractivity contribution is 8.32. The maximum absolute atomic E-state index is 12.3. The second kappa shape index (κ2) is 11.8. The van der Waals surface area contributed by atoms with Crippen LogP contribution in [0.1, 0.15) is 46.6 Å². The first kappa shape index (κ1) is 28.7. The van der Waals surface area contributed by atoms with E-state index >= 15 is 0 Å². The highest BCUT2D eigenvalue weighted by Crippen LogP contribution is 2.71. The van der Waals surface area contributed by atoms with Crippen LogP contribution in [0.4, 0.5) is 0 Å². The van der Waals surface area contributed by atoms with Crippen LogP contribution in [-0.2, 0) is 25.4 Å². The number of allylic oxidation sites excluding steroid dienone is 2. The predicted molar refractivity (Wildman–Crippen MR) is 153 cm³/mol. The van der Waals surface area contributed by atoms with Gasteiger partial charge in [0.25, 0.3) is 0 Å². The predicted octanol–water partition coefficient (Wildman–Crippen LogP) is 6.43. The Morgan fingerprint density at radius 3 is 2.38 bits per heavy atom. The smallest absolute Gasteiger partial charge is 0.338 e. The average molecular weight is 558 g/mol. The van der Waals surface area contributed by atoms with Crippen LogP contribution in [0.3, 0.4) is 0 Å². The SMILES string of the molecule is CC.CC/C(OC)=C(\C)OC.CC1=C2Oc3c4c(c(-c5ccccc5)c5c3S(C)(NCC5)C2OC1=O)OCO4. The van der Waals surface area contributed by atoms with Crippen LogP contribution in [0.5, 0.6) is 17.2 Å². The Bertz CT molecular complexity index is 1300. The number of ether oxygens (including phenoxy) is 6. The lowest BCUT2D eigenvalue weighted by molar-refractivity contribution is -0.137. The van der Waals surface area contributed by atoms with Gasteiger partial charge in [-0.3, -0.25) is 4.72 Å². The Hall–Kier alpha value is -3.30. The fraction of sp³-hybridized carbons (Fsp3) is 0.433. The van der Waals surface area contributed by atoms with E-state index in [0.717, 1.165) is 52.7 Å². The van der Waals surface area contributed by atoms with Gasteiger partial charge in [0.1, 0.15) is 11.5 Å². The molecule has 0 spiro atoms. The molecule has 2 atom stereocenters. The average Bonchev–Trinajstić information content (AvgIpc) is 3.57. The van der Waals surface area contributed by atoms with Gasteiger partial charge >= 0.3 is 5.97 Å². The molecule has 2 aromatic carbocycles. The van der Waals surface area contributed by atoms with Crippen molar-refractivity contribution in [1.29, 1.82) is 0 Å². The van der Waals surface area contributed by atoms with Crippen LogP contribution < -0.4 is 18.9 Å². The second-order valence-electron chi connectivity index (χ2n) is 9.14. The maximum atomic E-state index is 12.3. The summed E-state index contributed by atoms with van der Waals surface area (Å²) in [7, 11) is 1.61. The lowest BCUT2D eigenvalue weighted by atomic mass is 9.95. The number of carbonyl (C=O) groups excluding carboxylic acids is 1. The highest BCUT2D eigenvalue weighted by Gasteiger charge is 2.53. The molecule has 4 heterocycles. The quantitative estimate of drug-likeness (QED) is 0.340. The Morgan fingerprint density at radius 2 is 1.77 bits per heavy atom. The van der Waals surface area contributed by atoms with Crippen molar-refractivity contribution in [1.82, 2.24) is 4.72 Å². The third-order valence-corrected chi connectivity index (χ3v) is 10.4. The van der Waals surface area contributed by atoms with Crippen molar-refractivity contribution in [2.45, 2.75) is 57.8 Å². The minimum Gasteiger partial charge on any atom is -0.498 e. The first-order valence-electron chi connectivity index (χ1n) is 13.3. The van der Waals surface area contributed by atoms with Crippen LogP contribution in [0.2, 0.25) is 0 Å². The maximum Gasteiger partial charge on any atom is 0.338 e. The van der Waals surface area contributed by atoms with Crippen molar-refractivity contribution >= 4 is 16.2 Å². The number of esters is 1. The van der Waals surface area contributed by atoms with Gasteiger partial charge in [0, 0.05) is 18.5 Å². The topological polar surface area (TPSA) is 84.5 Å². The van der Waals surface area contributed by atoms with Crippen molar-refractivity contribution in [2.24, 2.45) is 0 Å². The molecule has 9 heteroatoms. The zero-order valence-corrected chi connectivity index (χ0v) is 24.9. The molecule has 6 rings (SSSR count). The Kier molecular flexibility index (Phi) is 8.71. The summed E-state index contributed by atoms with van der Waals surface area (Å²) in [6, 6.07) is 10.2. The van der Waals surface area contributed by atoms with Gasteiger partial charge in [0.15, 0.2) is 17.3 Å². The number of nitrogens with one attached hydrogen (secondary N) is 1. The van der Waals surface area contributed by atoms with Gasteiger partial charge in [-0.25, -0.2) is 4.79 Å². The zero-order valence-electron chi connectivity index (χ0n) is 24.1. The van der Waals surface area contributed by atoms with Crippen LogP contribution >= 0.6 is 10.2 Å². The van der Waals surface area contributed by atoms with Crippen molar-refractivity contribution in [3.8, 4) is 28.4 Å². The summed E-state index contributed by atoms with van der Waals surface area (Å²) in [5, 5.41) is 0. The fourth-order valence-corrected chi connectivity index (χ4v) is 8.37. The standard InChI is InChI=1S/C21H19NO5S.C7H14O2.C2H6/c1-11-15-21(27-20(11)23)28(2)19-13(8-9-22-28)14(12-6-4-3-5-7-12)16-17(18(19)26-15)25-10-24-16;1-5-7(9-4)6(2)8-3;1-2/h3-7,21-22H,8-10H2,1-2H3;5H2,1-4H3;1-2H3/b;7-6-;. The van der Waals surface area contributed by atoms with Gasteiger partial charge in [-0.2, -0.15) is 0 Å². The molecule has 0 aliphatic carbocycles. The van der Waals surface area contributed by atoms with Crippen LogP contribution in [0.25, 0.3) is 11.1 Å². The van der Waals surface area contributed by atoms with Crippen molar-refractivity contribution < 1.29 is 33.2 Å². The molecule has 212 valence electrons. The molecule has 2 unspecified atom stereocenters. The van der Waals surface area contributed by atoms with Crippen molar-refractivity contribution in [2.75, 3.05) is 33.8 Å². The summed E-state index contributed by atoms with van der Waals surface area (Å²) >= 11 is 0. The molecule has 0 fully saturated rings. The molecule has 4 aliphatic rings. The molecule has 4 aliphatic heterocycles. The van der Waals surface area contributed by atoms with E-state index in [1.165, 1.54) is 5.56 Å².